The molecular weight excluding hydrogens is 260 g/mol. The van der Waals surface area contributed by atoms with Crippen LogP contribution in [0.25, 0.3) is 10.1 Å². The third-order valence-corrected chi connectivity index (χ3v) is 5.75. The summed E-state index contributed by atoms with van der Waals surface area (Å²) >= 11 is 8.41. The summed E-state index contributed by atoms with van der Waals surface area (Å²) < 4.78 is 1.40. The van der Waals surface area contributed by atoms with Crippen molar-refractivity contribution in [1.29, 1.82) is 0 Å². The van der Waals surface area contributed by atoms with E-state index in [9.17, 15) is 0 Å². The maximum Gasteiger partial charge on any atom is 0.0367 e. The SMILES string of the molecule is ClC(CCc1csc2ccccc12)C1CCCC1. The molecule has 0 radical (unpaired) electrons. The van der Waals surface area contributed by atoms with Gasteiger partial charge < -0.3 is 0 Å². The predicted octanol–water partition coefficient (Wildman–Crippen LogP) is 5.63. The van der Waals surface area contributed by atoms with Gasteiger partial charge in [-0.05, 0) is 54.0 Å². The van der Waals surface area contributed by atoms with Crippen LogP contribution in [0, 0.1) is 5.92 Å². The molecular formula is C16H19ClS. The number of halogens is 1. The van der Waals surface area contributed by atoms with Crippen LogP contribution in [0.3, 0.4) is 0 Å². The zero-order chi connectivity index (χ0) is 12.4. The zero-order valence-electron chi connectivity index (χ0n) is 10.6. The Morgan fingerprint density at radius 2 is 2.00 bits per heavy atom. The Bertz CT molecular complexity index is 511. The van der Waals surface area contributed by atoms with Gasteiger partial charge in [-0.3, -0.25) is 0 Å². The van der Waals surface area contributed by atoms with E-state index in [0.29, 0.717) is 5.38 Å². The van der Waals surface area contributed by atoms with E-state index in [0.717, 1.165) is 18.8 Å². The third kappa shape index (κ3) is 2.57. The quantitative estimate of drug-likeness (QED) is 0.636. The number of hydrogen-bond donors (Lipinski definition) is 0. The monoisotopic (exact) mass is 278 g/mol. The topological polar surface area (TPSA) is 0 Å². The number of aryl methyl sites for hydroxylation is 1. The van der Waals surface area contributed by atoms with Crippen LogP contribution in [-0.4, -0.2) is 5.38 Å². The van der Waals surface area contributed by atoms with Gasteiger partial charge in [0.1, 0.15) is 0 Å². The molecule has 1 aliphatic carbocycles. The summed E-state index contributed by atoms with van der Waals surface area (Å²) in [5, 5.41) is 4.12. The number of benzene rings is 1. The van der Waals surface area contributed by atoms with Gasteiger partial charge in [0.05, 0.1) is 0 Å². The van der Waals surface area contributed by atoms with Crippen LogP contribution in [0.15, 0.2) is 29.6 Å². The summed E-state index contributed by atoms with van der Waals surface area (Å²) in [4.78, 5) is 0. The van der Waals surface area contributed by atoms with Crippen LogP contribution in [-0.2, 0) is 6.42 Å². The zero-order valence-corrected chi connectivity index (χ0v) is 12.1. The van der Waals surface area contributed by atoms with Gasteiger partial charge in [0, 0.05) is 10.1 Å². The fraction of sp³-hybridized carbons (Fsp3) is 0.500. The van der Waals surface area contributed by atoms with Crippen molar-refractivity contribution in [2.45, 2.75) is 43.9 Å². The Kier molecular flexibility index (Phi) is 3.91. The Balaban J connectivity index is 1.65. The molecule has 96 valence electrons. The molecule has 1 unspecified atom stereocenters. The molecule has 3 rings (SSSR count). The van der Waals surface area contributed by atoms with Gasteiger partial charge in [-0.2, -0.15) is 0 Å². The van der Waals surface area contributed by atoms with Crippen molar-refractivity contribution >= 4 is 33.0 Å². The van der Waals surface area contributed by atoms with Gasteiger partial charge in [0.2, 0.25) is 0 Å². The minimum Gasteiger partial charge on any atom is -0.144 e. The predicted molar refractivity (Wildman–Crippen MR) is 81.7 cm³/mol. The van der Waals surface area contributed by atoms with Crippen molar-refractivity contribution in [3.05, 3.63) is 35.2 Å². The first-order valence-corrected chi connectivity index (χ1v) is 8.25. The lowest BCUT2D eigenvalue weighted by Crippen LogP contribution is -2.12. The van der Waals surface area contributed by atoms with Gasteiger partial charge in [-0.1, -0.05) is 31.0 Å². The molecule has 1 aliphatic rings. The molecule has 0 nitrogen and oxygen atoms in total. The van der Waals surface area contributed by atoms with Crippen molar-refractivity contribution in [3.8, 4) is 0 Å². The summed E-state index contributed by atoms with van der Waals surface area (Å²) in [5.41, 5.74) is 1.49. The minimum absolute atomic E-state index is 0.381. The first kappa shape index (κ1) is 12.5. The van der Waals surface area contributed by atoms with Crippen LogP contribution < -0.4 is 0 Å². The van der Waals surface area contributed by atoms with Crippen molar-refractivity contribution < 1.29 is 0 Å². The van der Waals surface area contributed by atoms with Crippen LogP contribution in [0.4, 0.5) is 0 Å². The van der Waals surface area contributed by atoms with E-state index in [1.165, 1.54) is 41.3 Å². The average molecular weight is 279 g/mol. The van der Waals surface area contributed by atoms with Crippen molar-refractivity contribution in [2.24, 2.45) is 5.92 Å². The molecule has 2 aromatic rings. The van der Waals surface area contributed by atoms with E-state index in [1.54, 1.807) is 0 Å². The van der Waals surface area contributed by atoms with Gasteiger partial charge in [0.25, 0.3) is 0 Å². The highest BCUT2D eigenvalue weighted by atomic mass is 35.5. The largest absolute Gasteiger partial charge is 0.144 e. The van der Waals surface area contributed by atoms with E-state index in [4.69, 9.17) is 11.6 Å². The second-order valence-electron chi connectivity index (χ2n) is 5.36. The van der Waals surface area contributed by atoms with Crippen LogP contribution >= 0.6 is 22.9 Å². The maximum absolute atomic E-state index is 6.56. The Hall–Kier alpha value is -0.530. The molecule has 18 heavy (non-hydrogen) atoms. The summed E-state index contributed by atoms with van der Waals surface area (Å²) in [5.74, 6) is 0.775. The lowest BCUT2D eigenvalue weighted by atomic mass is 9.97. The molecule has 1 saturated carbocycles. The van der Waals surface area contributed by atoms with Crippen molar-refractivity contribution in [1.82, 2.24) is 0 Å². The molecule has 1 aromatic heterocycles. The molecule has 0 aliphatic heterocycles. The number of thiophene rings is 1. The summed E-state index contributed by atoms with van der Waals surface area (Å²) in [6.45, 7) is 0. The van der Waals surface area contributed by atoms with Crippen LogP contribution in [0.5, 0.6) is 0 Å². The van der Waals surface area contributed by atoms with E-state index < -0.39 is 0 Å². The summed E-state index contributed by atoms with van der Waals surface area (Å²) in [7, 11) is 0. The molecule has 0 spiro atoms. The van der Waals surface area contributed by atoms with Gasteiger partial charge in [-0.15, -0.1) is 22.9 Å². The molecule has 2 heteroatoms. The maximum atomic E-state index is 6.56. The molecule has 1 heterocycles. The van der Waals surface area contributed by atoms with Gasteiger partial charge in [-0.25, -0.2) is 0 Å². The molecule has 0 N–H and O–H groups in total. The fourth-order valence-electron chi connectivity index (χ4n) is 3.07. The highest BCUT2D eigenvalue weighted by Gasteiger charge is 2.23. The lowest BCUT2D eigenvalue weighted by molar-refractivity contribution is 0.493. The Morgan fingerprint density at radius 1 is 1.22 bits per heavy atom. The van der Waals surface area contributed by atoms with E-state index in [2.05, 4.69) is 29.6 Å². The first-order chi connectivity index (χ1) is 8.84. The summed E-state index contributed by atoms with van der Waals surface area (Å²) in [6, 6.07) is 8.69. The summed E-state index contributed by atoms with van der Waals surface area (Å²) in [6.07, 6.45) is 7.73. The van der Waals surface area contributed by atoms with Crippen molar-refractivity contribution in [3.63, 3.8) is 0 Å². The third-order valence-electron chi connectivity index (χ3n) is 4.16. The highest BCUT2D eigenvalue weighted by Crippen LogP contribution is 2.34. The van der Waals surface area contributed by atoms with Gasteiger partial charge in [0.15, 0.2) is 0 Å². The molecule has 1 fully saturated rings. The second kappa shape index (κ2) is 5.63. The van der Waals surface area contributed by atoms with E-state index >= 15 is 0 Å². The Labute approximate surface area is 118 Å². The van der Waals surface area contributed by atoms with Crippen LogP contribution in [0.1, 0.15) is 37.7 Å². The molecule has 0 bridgehead atoms. The molecule has 0 amide bonds. The normalized spacial score (nSPS) is 18.5. The number of alkyl halides is 1. The van der Waals surface area contributed by atoms with Crippen molar-refractivity contribution in [2.75, 3.05) is 0 Å². The molecule has 0 saturated heterocycles. The van der Waals surface area contributed by atoms with Gasteiger partial charge >= 0.3 is 0 Å². The molecule has 1 atom stereocenters. The smallest absolute Gasteiger partial charge is 0.0367 e. The minimum atomic E-state index is 0.381. The second-order valence-corrected chi connectivity index (χ2v) is 6.83. The Morgan fingerprint density at radius 3 is 2.83 bits per heavy atom. The number of rotatable bonds is 4. The number of fused-ring (bicyclic) bond motifs is 1. The van der Waals surface area contributed by atoms with E-state index in [-0.39, 0.29) is 0 Å². The standard InChI is InChI=1S/C16H19ClS/c17-15(12-5-1-2-6-12)10-9-13-11-18-16-8-4-3-7-14(13)16/h3-4,7-8,11-12,15H,1-2,5-6,9-10H2. The number of hydrogen-bond acceptors (Lipinski definition) is 1. The average Bonchev–Trinajstić information content (AvgIpc) is 3.06. The lowest BCUT2D eigenvalue weighted by Gasteiger charge is -2.16. The molecule has 1 aromatic carbocycles. The van der Waals surface area contributed by atoms with E-state index in [1.807, 2.05) is 11.3 Å². The first-order valence-electron chi connectivity index (χ1n) is 6.94. The van der Waals surface area contributed by atoms with Crippen LogP contribution in [0.2, 0.25) is 0 Å². The fourth-order valence-corrected chi connectivity index (χ4v) is 4.43. The highest BCUT2D eigenvalue weighted by molar-refractivity contribution is 7.17.